The van der Waals surface area contributed by atoms with Crippen molar-refractivity contribution in [2.75, 3.05) is 26.8 Å². The van der Waals surface area contributed by atoms with Crippen LogP contribution in [0, 0.1) is 0 Å². The van der Waals surface area contributed by atoms with Crippen molar-refractivity contribution in [3.63, 3.8) is 0 Å². The van der Waals surface area contributed by atoms with Crippen molar-refractivity contribution in [2.45, 2.75) is 24.9 Å². The van der Waals surface area contributed by atoms with E-state index >= 15 is 0 Å². The van der Waals surface area contributed by atoms with Gasteiger partial charge in [0.1, 0.15) is 22.8 Å². The maximum Gasteiger partial charge on any atom is 0.260 e. The number of methoxy groups -OCH3 is 1. The van der Waals surface area contributed by atoms with Crippen LogP contribution in [0.1, 0.15) is 29.6 Å². The summed E-state index contributed by atoms with van der Waals surface area (Å²) in [6.45, 7) is 1.10. The molecule has 2 aliphatic rings. The number of Topliss-reactive ketones (excluding diaryl/α,β-unsaturated/α-hetero) is 1. The Morgan fingerprint density at radius 2 is 1.86 bits per heavy atom. The number of carbonyl (C=O) groups excluding carboxylic acids is 2. The second kappa shape index (κ2) is 7.54. The van der Waals surface area contributed by atoms with E-state index in [1.54, 1.807) is 30.2 Å². The number of carbonyl (C=O) groups is 2. The topological polar surface area (TPSA) is 65.1 Å². The van der Waals surface area contributed by atoms with Crippen LogP contribution < -0.4 is 14.2 Å². The van der Waals surface area contributed by atoms with Gasteiger partial charge in [0, 0.05) is 32.0 Å². The number of ether oxygens (including phenoxy) is 3. The van der Waals surface area contributed by atoms with Gasteiger partial charge >= 0.3 is 0 Å². The first-order chi connectivity index (χ1) is 13.6. The lowest BCUT2D eigenvalue weighted by Crippen LogP contribution is -2.53. The van der Waals surface area contributed by atoms with Crippen LogP contribution >= 0.6 is 0 Å². The molecule has 0 aliphatic carbocycles. The number of nitrogens with zero attached hydrogens (tertiary/aromatic N) is 1. The second-order valence-corrected chi connectivity index (χ2v) is 7.23. The summed E-state index contributed by atoms with van der Waals surface area (Å²) in [4.78, 5) is 26.9. The summed E-state index contributed by atoms with van der Waals surface area (Å²) >= 11 is 0. The normalized spacial score (nSPS) is 17.6. The molecule has 6 heteroatoms. The SMILES string of the molecule is COc1ccc2c(c1)OC1(CCN(C(=O)COc3ccccc3)CC1)CC2=O. The zero-order chi connectivity index (χ0) is 19.6. The van der Waals surface area contributed by atoms with E-state index in [0.717, 1.165) is 0 Å². The van der Waals surface area contributed by atoms with Crippen LogP contribution in [0.4, 0.5) is 0 Å². The monoisotopic (exact) mass is 381 g/mol. The van der Waals surface area contributed by atoms with Gasteiger partial charge in [-0.1, -0.05) is 18.2 Å². The lowest BCUT2D eigenvalue weighted by molar-refractivity contribution is -0.136. The molecule has 2 aromatic rings. The predicted molar refractivity (Wildman–Crippen MR) is 103 cm³/mol. The second-order valence-electron chi connectivity index (χ2n) is 7.23. The number of benzene rings is 2. The molecule has 1 saturated heterocycles. The Bertz CT molecular complexity index is 872. The number of rotatable bonds is 4. The van der Waals surface area contributed by atoms with E-state index < -0.39 is 5.60 Å². The van der Waals surface area contributed by atoms with Gasteiger partial charge in [-0.2, -0.15) is 0 Å². The zero-order valence-corrected chi connectivity index (χ0v) is 15.8. The van der Waals surface area contributed by atoms with Crippen LogP contribution in [-0.4, -0.2) is 49.0 Å². The average Bonchev–Trinajstić information content (AvgIpc) is 2.73. The van der Waals surface area contributed by atoms with Gasteiger partial charge in [-0.25, -0.2) is 0 Å². The highest BCUT2D eigenvalue weighted by Crippen LogP contribution is 2.40. The molecule has 6 nitrogen and oxygen atoms in total. The van der Waals surface area contributed by atoms with Crippen LogP contribution in [0.3, 0.4) is 0 Å². The standard InChI is InChI=1S/C22H23NO5/c1-26-17-7-8-18-19(24)14-22(28-20(18)13-17)9-11-23(12-10-22)21(25)15-27-16-5-3-2-4-6-16/h2-8,13H,9-12,14-15H2,1H3. The van der Waals surface area contributed by atoms with Crippen molar-refractivity contribution in [3.05, 3.63) is 54.1 Å². The largest absolute Gasteiger partial charge is 0.497 e. The van der Waals surface area contributed by atoms with Crippen molar-refractivity contribution in [1.29, 1.82) is 0 Å². The lowest BCUT2D eigenvalue weighted by atomic mass is 9.82. The molecular weight excluding hydrogens is 358 g/mol. The van der Waals surface area contributed by atoms with Crippen LogP contribution in [0.5, 0.6) is 17.2 Å². The molecule has 2 aromatic carbocycles. The minimum Gasteiger partial charge on any atom is -0.497 e. The number of ketones is 1. The molecule has 0 atom stereocenters. The smallest absolute Gasteiger partial charge is 0.260 e. The number of fused-ring (bicyclic) bond motifs is 1. The predicted octanol–water partition coefficient (Wildman–Crippen LogP) is 3.10. The zero-order valence-electron chi connectivity index (χ0n) is 15.8. The molecule has 0 aromatic heterocycles. The molecule has 28 heavy (non-hydrogen) atoms. The molecule has 0 unspecified atom stereocenters. The van der Waals surface area contributed by atoms with E-state index in [2.05, 4.69) is 0 Å². The Morgan fingerprint density at radius 1 is 1.11 bits per heavy atom. The molecule has 0 bridgehead atoms. The van der Waals surface area contributed by atoms with Gasteiger partial charge in [0.15, 0.2) is 12.4 Å². The van der Waals surface area contributed by atoms with Crippen LogP contribution in [0.25, 0.3) is 0 Å². The third-order valence-electron chi connectivity index (χ3n) is 5.43. The Kier molecular flexibility index (Phi) is 4.94. The number of amides is 1. The van der Waals surface area contributed by atoms with E-state index in [-0.39, 0.29) is 18.3 Å². The summed E-state index contributed by atoms with van der Waals surface area (Å²) in [5, 5.41) is 0. The summed E-state index contributed by atoms with van der Waals surface area (Å²) in [6.07, 6.45) is 1.58. The summed E-state index contributed by atoms with van der Waals surface area (Å²) in [5.74, 6) is 1.94. The Morgan fingerprint density at radius 3 is 2.57 bits per heavy atom. The Hall–Kier alpha value is -3.02. The van der Waals surface area contributed by atoms with E-state index in [1.165, 1.54) is 0 Å². The molecule has 146 valence electrons. The third-order valence-corrected chi connectivity index (χ3v) is 5.43. The maximum absolute atomic E-state index is 12.6. The first-order valence-electron chi connectivity index (χ1n) is 9.44. The summed E-state index contributed by atoms with van der Waals surface area (Å²) in [6, 6.07) is 14.6. The highest BCUT2D eigenvalue weighted by atomic mass is 16.5. The number of likely N-dealkylation sites (tertiary alicyclic amines) is 1. The highest BCUT2D eigenvalue weighted by Gasteiger charge is 2.43. The van der Waals surface area contributed by atoms with Gasteiger partial charge in [0.2, 0.25) is 0 Å². The molecule has 1 spiro atoms. The molecule has 2 heterocycles. The van der Waals surface area contributed by atoms with E-state index in [0.29, 0.717) is 55.2 Å². The van der Waals surface area contributed by atoms with E-state index in [4.69, 9.17) is 14.2 Å². The molecule has 0 saturated carbocycles. The van der Waals surface area contributed by atoms with Crippen molar-refractivity contribution < 1.29 is 23.8 Å². The molecular formula is C22H23NO5. The van der Waals surface area contributed by atoms with E-state index in [9.17, 15) is 9.59 Å². The summed E-state index contributed by atoms with van der Waals surface area (Å²) < 4.78 is 17.1. The first kappa shape index (κ1) is 18.3. The Labute approximate surface area is 164 Å². The molecule has 1 fully saturated rings. The van der Waals surface area contributed by atoms with Crippen molar-refractivity contribution in [3.8, 4) is 17.2 Å². The van der Waals surface area contributed by atoms with Crippen molar-refractivity contribution >= 4 is 11.7 Å². The van der Waals surface area contributed by atoms with Crippen LogP contribution in [-0.2, 0) is 4.79 Å². The minimum absolute atomic E-state index is 0.0107. The quantitative estimate of drug-likeness (QED) is 0.814. The highest BCUT2D eigenvalue weighted by molar-refractivity contribution is 6.00. The fraction of sp³-hybridized carbons (Fsp3) is 0.364. The molecule has 1 amide bonds. The van der Waals surface area contributed by atoms with E-state index in [1.807, 2.05) is 30.3 Å². The number of hydrogen-bond acceptors (Lipinski definition) is 5. The molecule has 0 N–H and O–H groups in total. The maximum atomic E-state index is 12.6. The number of para-hydroxylation sites is 1. The van der Waals surface area contributed by atoms with Gasteiger partial charge in [0.25, 0.3) is 5.91 Å². The van der Waals surface area contributed by atoms with Crippen LogP contribution in [0.2, 0.25) is 0 Å². The fourth-order valence-electron chi connectivity index (χ4n) is 3.80. The third kappa shape index (κ3) is 3.67. The minimum atomic E-state index is -0.548. The summed E-state index contributed by atoms with van der Waals surface area (Å²) in [5.41, 5.74) is 0.0502. The molecule has 0 radical (unpaired) electrons. The number of hydrogen-bond donors (Lipinski definition) is 0. The lowest BCUT2D eigenvalue weighted by Gasteiger charge is -2.43. The molecule has 4 rings (SSSR count). The van der Waals surface area contributed by atoms with Gasteiger partial charge in [-0.05, 0) is 24.3 Å². The number of piperidine rings is 1. The van der Waals surface area contributed by atoms with Crippen molar-refractivity contribution in [2.24, 2.45) is 0 Å². The van der Waals surface area contributed by atoms with Gasteiger partial charge in [-0.15, -0.1) is 0 Å². The van der Waals surface area contributed by atoms with Crippen LogP contribution in [0.15, 0.2) is 48.5 Å². The molecule has 2 aliphatic heterocycles. The van der Waals surface area contributed by atoms with Gasteiger partial charge in [0.05, 0.1) is 19.1 Å². The summed E-state index contributed by atoms with van der Waals surface area (Å²) in [7, 11) is 1.59. The van der Waals surface area contributed by atoms with Crippen molar-refractivity contribution in [1.82, 2.24) is 4.90 Å². The first-order valence-corrected chi connectivity index (χ1v) is 9.44. The Balaban J connectivity index is 1.38. The average molecular weight is 381 g/mol. The van der Waals surface area contributed by atoms with Gasteiger partial charge < -0.3 is 19.1 Å². The fourth-order valence-corrected chi connectivity index (χ4v) is 3.80. The van der Waals surface area contributed by atoms with Gasteiger partial charge in [-0.3, -0.25) is 9.59 Å².